The SMILES string of the molecule is CCCCNC(=O)CN1CCN(CC(=O)Nc2ccccc2C(=O)Nc2cccc(C)c2)CC1. The molecule has 3 amide bonds. The molecule has 1 heterocycles. The Hall–Kier alpha value is -3.23. The van der Waals surface area contributed by atoms with Crippen molar-refractivity contribution in [3.63, 3.8) is 0 Å². The largest absolute Gasteiger partial charge is 0.355 e. The highest BCUT2D eigenvalue weighted by Gasteiger charge is 2.21. The van der Waals surface area contributed by atoms with Crippen LogP contribution in [0.3, 0.4) is 0 Å². The van der Waals surface area contributed by atoms with E-state index in [-0.39, 0.29) is 24.3 Å². The molecule has 0 radical (unpaired) electrons. The van der Waals surface area contributed by atoms with Gasteiger partial charge < -0.3 is 16.0 Å². The summed E-state index contributed by atoms with van der Waals surface area (Å²) in [5.41, 5.74) is 2.66. The highest BCUT2D eigenvalue weighted by Crippen LogP contribution is 2.18. The van der Waals surface area contributed by atoms with Gasteiger partial charge in [0.15, 0.2) is 0 Å². The van der Waals surface area contributed by atoms with Crippen molar-refractivity contribution in [2.24, 2.45) is 0 Å². The fourth-order valence-electron chi connectivity index (χ4n) is 3.87. The summed E-state index contributed by atoms with van der Waals surface area (Å²) in [6.45, 7) is 8.33. The van der Waals surface area contributed by atoms with Gasteiger partial charge in [0.05, 0.1) is 24.3 Å². The third-order valence-corrected chi connectivity index (χ3v) is 5.77. The normalized spacial score (nSPS) is 14.4. The van der Waals surface area contributed by atoms with Crippen molar-refractivity contribution >= 4 is 29.1 Å². The first-order chi connectivity index (χ1) is 16.4. The number of anilines is 2. The third-order valence-electron chi connectivity index (χ3n) is 5.77. The van der Waals surface area contributed by atoms with Crippen LogP contribution in [-0.4, -0.2) is 73.3 Å². The average molecular weight is 466 g/mol. The number of unbranched alkanes of at least 4 members (excludes halogenated alkanes) is 1. The molecule has 1 aliphatic heterocycles. The number of hydrogen-bond acceptors (Lipinski definition) is 5. The number of para-hydroxylation sites is 1. The number of aryl methyl sites for hydroxylation is 1. The average Bonchev–Trinajstić information content (AvgIpc) is 2.81. The van der Waals surface area contributed by atoms with Crippen molar-refractivity contribution < 1.29 is 14.4 Å². The Kier molecular flexibility index (Phi) is 9.61. The lowest BCUT2D eigenvalue weighted by molar-refractivity contribution is -0.123. The first-order valence-corrected chi connectivity index (χ1v) is 11.9. The molecule has 0 unspecified atom stereocenters. The molecular formula is C26H35N5O3. The number of benzene rings is 2. The molecule has 182 valence electrons. The fraction of sp³-hybridized carbons (Fsp3) is 0.423. The maximum absolute atomic E-state index is 12.8. The molecule has 0 spiro atoms. The molecule has 2 aromatic rings. The number of nitrogens with zero attached hydrogens (tertiary/aromatic N) is 2. The number of nitrogens with one attached hydrogen (secondary N) is 3. The summed E-state index contributed by atoms with van der Waals surface area (Å²) in [7, 11) is 0. The van der Waals surface area contributed by atoms with Crippen molar-refractivity contribution in [3.05, 3.63) is 59.7 Å². The molecule has 3 rings (SSSR count). The van der Waals surface area contributed by atoms with E-state index < -0.39 is 0 Å². The second-order valence-corrected chi connectivity index (χ2v) is 8.67. The predicted octanol–water partition coefficient (Wildman–Crippen LogP) is 2.72. The standard InChI is InChI=1S/C26H35N5O3/c1-3-4-12-27-24(32)18-30-13-15-31(16-14-30)19-25(33)29-23-11-6-5-10-22(23)26(34)28-21-9-7-8-20(2)17-21/h5-11,17H,3-4,12-16,18-19H2,1-2H3,(H,27,32)(H,28,34)(H,29,33). The fourth-order valence-corrected chi connectivity index (χ4v) is 3.87. The molecule has 1 aliphatic rings. The number of hydrogen-bond donors (Lipinski definition) is 3. The van der Waals surface area contributed by atoms with Crippen LogP contribution in [0.4, 0.5) is 11.4 Å². The van der Waals surface area contributed by atoms with Crippen molar-refractivity contribution in [2.45, 2.75) is 26.7 Å². The van der Waals surface area contributed by atoms with Crippen LogP contribution in [0.5, 0.6) is 0 Å². The van der Waals surface area contributed by atoms with E-state index in [0.717, 1.165) is 38.0 Å². The van der Waals surface area contributed by atoms with Gasteiger partial charge >= 0.3 is 0 Å². The van der Waals surface area contributed by atoms with Gasteiger partial charge in [0.1, 0.15) is 0 Å². The molecule has 34 heavy (non-hydrogen) atoms. The van der Waals surface area contributed by atoms with Gasteiger partial charge in [-0.05, 0) is 43.2 Å². The minimum absolute atomic E-state index is 0.0557. The number of piperazine rings is 1. The quantitative estimate of drug-likeness (QED) is 0.469. The Morgan fingerprint density at radius 1 is 0.853 bits per heavy atom. The number of amides is 3. The summed E-state index contributed by atoms with van der Waals surface area (Å²) in [4.78, 5) is 41.7. The molecule has 1 saturated heterocycles. The smallest absolute Gasteiger partial charge is 0.257 e. The molecule has 3 N–H and O–H groups in total. The summed E-state index contributed by atoms with van der Waals surface area (Å²) in [5.74, 6) is -0.380. The lowest BCUT2D eigenvalue weighted by Gasteiger charge is -2.33. The van der Waals surface area contributed by atoms with Gasteiger partial charge in [-0.15, -0.1) is 0 Å². The predicted molar refractivity (Wildman–Crippen MR) is 135 cm³/mol. The first kappa shape index (κ1) is 25.4. The number of carbonyl (C=O) groups is 3. The molecule has 2 aromatic carbocycles. The number of rotatable bonds is 10. The summed E-state index contributed by atoms with van der Waals surface area (Å²) in [6.07, 6.45) is 2.05. The minimum atomic E-state index is -0.271. The van der Waals surface area contributed by atoms with Crippen LogP contribution < -0.4 is 16.0 Å². The molecule has 0 bridgehead atoms. The second-order valence-electron chi connectivity index (χ2n) is 8.67. The Bertz CT molecular complexity index is 986. The van der Waals surface area contributed by atoms with Crippen molar-refractivity contribution in [2.75, 3.05) is 56.4 Å². The van der Waals surface area contributed by atoms with E-state index in [4.69, 9.17) is 0 Å². The zero-order valence-corrected chi connectivity index (χ0v) is 20.1. The van der Waals surface area contributed by atoms with Gasteiger partial charge in [-0.25, -0.2) is 0 Å². The van der Waals surface area contributed by atoms with Crippen LogP contribution in [0.2, 0.25) is 0 Å². The minimum Gasteiger partial charge on any atom is -0.355 e. The Labute approximate surface area is 201 Å². The Morgan fingerprint density at radius 2 is 1.53 bits per heavy atom. The summed E-state index contributed by atoms with van der Waals surface area (Å²) in [5, 5.41) is 8.72. The van der Waals surface area contributed by atoms with E-state index in [1.165, 1.54) is 0 Å². The van der Waals surface area contributed by atoms with E-state index in [2.05, 4.69) is 32.7 Å². The molecule has 0 saturated carbocycles. The van der Waals surface area contributed by atoms with E-state index in [9.17, 15) is 14.4 Å². The molecule has 8 heteroatoms. The Morgan fingerprint density at radius 3 is 2.21 bits per heavy atom. The van der Waals surface area contributed by atoms with Crippen molar-refractivity contribution in [3.8, 4) is 0 Å². The van der Waals surface area contributed by atoms with Gasteiger partial charge in [-0.1, -0.05) is 37.6 Å². The van der Waals surface area contributed by atoms with E-state index >= 15 is 0 Å². The molecule has 8 nitrogen and oxygen atoms in total. The van der Waals surface area contributed by atoms with Crippen molar-refractivity contribution in [1.82, 2.24) is 15.1 Å². The van der Waals surface area contributed by atoms with Crippen LogP contribution in [0, 0.1) is 6.92 Å². The van der Waals surface area contributed by atoms with Gasteiger partial charge in [0, 0.05) is 38.4 Å². The highest BCUT2D eigenvalue weighted by molar-refractivity contribution is 6.10. The summed E-state index contributed by atoms with van der Waals surface area (Å²) < 4.78 is 0. The highest BCUT2D eigenvalue weighted by atomic mass is 16.2. The number of carbonyl (C=O) groups excluding carboxylic acids is 3. The van der Waals surface area contributed by atoms with E-state index in [1.54, 1.807) is 24.3 Å². The van der Waals surface area contributed by atoms with Gasteiger partial charge in [0.2, 0.25) is 11.8 Å². The molecule has 0 aliphatic carbocycles. The van der Waals surface area contributed by atoms with E-state index in [1.807, 2.05) is 31.2 Å². The van der Waals surface area contributed by atoms with Crippen LogP contribution >= 0.6 is 0 Å². The lowest BCUT2D eigenvalue weighted by Crippen LogP contribution is -2.51. The van der Waals surface area contributed by atoms with Gasteiger partial charge in [0.25, 0.3) is 5.91 Å². The summed E-state index contributed by atoms with van der Waals surface area (Å²) >= 11 is 0. The van der Waals surface area contributed by atoms with Crippen LogP contribution in [-0.2, 0) is 9.59 Å². The molecule has 1 fully saturated rings. The maximum Gasteiger partial charge on any atom is 0.257 e. The monoisotopic (exact) mass is 465 g/mol. The second kappa shape index (κ2) is 12.9. The lowest BCUT2D eigenvalue weighted by atomic mass is 10.1. The van der Waals surface area contributed by atoms with Gasteiger partial charge in [-0.2, -0.15) is 0 Å². The topological polar surface area (TPSA) is 93.8 Å². The van der Waals surface area contributed by atoms with Crippen LogP contribution in [0.25, 0.3) is 0 Å². The maximum atomic E-state index is 12.8. The molecular weight excluding hydrogens is 430 g/mol. The summed E-state index contributed by atoms with van der Waals surface area (Å²) in [6, 6.07) is 14.6. The van der Waals surface area contributed by atoms with Gasteiger partial charge in [-0.3, -0.25) is 24.2 Å². The van der Waals surface area contributed by atoms with E-state index in [0.29, 0.717) is 36.6 Å². The van der Waals surface area contributed by atoms with Crippen molar-refractivity contribution in [1.29, 1.82) is 0 Å². The Balaban J connectivity index is 1.47. The van der Waals surface area contributed by atoms with Crippen LogP contribution in [0.15, 0.2) is 48.5 Å². The van der Waals surface area contributed by atoms with Crippen LogP contribution in [0.1, 0.15) is 35.7 Å². The zero-order chi connectivity index (χ0) is 24.3. The third kappa shape index (κ3) is 7.97. The first-order valence-electron chi connectivity index (χ1n) is 11.9. The molecule has 0 aromatic heterocycles. The zero-order valence-electron chi connectivity index (χ0n) is 20.1. The molecule has 0 atom stereocenters.